The largest absolute Gasteiger partial charge is 0.298 e. The van der Waals surface area contributed by atoms with Gasteiger partial charge in [0.1, 0.15) is 0 Å². The zero-order valence-corrected chi connectivity index (χ0v) is 17.2. The summed E-state index contributed by atoms with van der Waals surface area (Å²) in [6, 6.07) is 7.78. The topological polar surface area (TPSA) is 30.0 Å². The average molecular weight is 466 g/mol. The number of pyridine rings is 1. The molecule has 3 aromatic rings. The zero-order valence-electron chi connectivity index (χ0n) is 12.7. The van der Waals surface area contributed by atoms with Crippen LogP contribution in [0.25, 0.3) is 22.4 Å². The van der Waals surface area contributed by atoms with Crippen molar-refractivity contribution in [3.05, 3.63) is 72.2 Å². The summed E-state index contributed by atoms with van der Waals surface area (Å²) in [7, 11) is 0. The van der Waals surface area contributed by atoms with Gasteiger partial charge in [-0.05, 0) is 30.3 Å². The Morgan fingerprint density at radius 3 is 1.88 bits per heavy atom. The minimum absolute atomic E-state index is 0.234. The number of aldehydes is 1. The molecule has 0 spiro atoms. The first-order chi connectivity index (χ1) is 12.3. The molecule has 1 aromatic heterocycles. The molecule has 0 aliphatic heterocycles. The summed E-state index contributed by atoms with van der Waals surface area (Å²) in [5.41, 5.74) is 2.04. The van der Waals surface area contributed by atoms with Crippen molar-refractivity contribution in [1.29, 1.82) is 0 Å². The Balaban J connectivity index is 2.44. The Labute approximate surface area is 179 Å². The van der Waals surface area contributed by atoms with Crippen molar-refractivity contribution >= 4 is 75.9 Å². The van der Waals surface area contributed by atoms with Gasteiger partial charge >= 0.3 is 0 Å². The van der Waals surface area contributed by atoms with E-state index < -0.39 is 0 Å². The monoisotopic (exact) mass is 463 g/mol. The molecule has 0 saturated carbocycles. The molecule has 132 valence electrons. The van der Waals surface area contributed by atoms with Gasteiger partial charge in [-0.25, -0.2) is 0 Å². The van der Waals surface area contributed by atoms with Gasteiger partial charge in [0.05, 0.1) is 25.8 Å². The van der Waals surface area contributed by atoms with Crippen molar-refractivity contribution in [3.8, 4) is 22.4 Å². The summed E-state index contributed by atoms with van der Waals surface area (Å²) in [5, 5.41) is 1.71. The van der Waals surface area contributed by atoms with E-state index >= 15 is 0 Å². The third kappa shape index (κ3) is 3.68. The maximum atomic E-state index is 11.7. The van der Waals surface area contributed by atoms with E-state index in [9.17, 15) is 4.79 Å². The number of rotatable bonds is 3. The van der Waals surface area contributed by atoms with E-state index in [4.69, 9.17) is 69.6 Å². The van der Waals surface area contributed by atoms with E-state index in [2.05, 4.69) is 4.98 Å². The highest BCUT2D eigenvalue weighted by atomic mass is 35.5. The van der Waals surface area contributed by atoms with Gasteiger partial charge in [-0.2, -0.15) is 0 Å². The first-order valence-corrected chi connectivity index (χ1v) is 9.34. The molecule has 0 aliphatic rings. The maximum Gasteiger partial charge on any atom is 0.150 e. The minimum Gasteiger partial charge on any atom is -0.298 e. The second-order valence-electron chi connectivity index (χ2n) is 5.24. The summed E-state index contributed by atoms with van der Waals surface area (Å²) in [6.07, 6.45) is 2.17. The lowest BCUT2D eigenvalue weighted by Crippen LogP contribution is -1.97. The van der Waals surface area contributed by atoms with Gasteiger partial charge < -0.3 is 0 Å². The SMILES string of the molecule is O=Cc1ccnc(-c2cc(Cl)cc(Cl)c2Cl)c1-c1cc(Cl)cc(Cl)c1Cl. The fourth-order valence-corrected chi connectivity index (χ4v) is 3.92. The number of aromatic nitrogens is 1. The van der Waals surface area contributed by atoms with Crippen LogP contribution >= 0.6 is 69.6 Å². The number of hydrogen-bond acceptors (Lipinski definition) is 2. The Bertz CT molecular complexity index is 1030. The molecule has 26 heavy (non-hydrogen) atoms. The Hall–Kier alpha value is -1.000. The van der Waals surface area contributed by atoms with Gasteiger partial charge in [0.2, 0.25) is 0 Å². The molecule has 0 atom stereocenters. The molecule has 0 aliphatic carbocycles. The van der Waals surface area contributed by atoms with Gasteiger partial charge in [0.25, 0.3) is 0 Å². The minimum atomic E-state index is 0.234. The molecular formula is C18H7Cl6NO. The Morgan fingerprint density at radius 2 is 1.31 bits per heavy atom. The summed E-state index contributed by atoms with van der Waals surface area (Å²) in [4.78, 5) is 16.0. The average Bonchev–Trinajstić information content (AvgIpc) is 2.60. The molecule has 0 amide bonds. The fraction of sp³-hybridized carbons (Fsp3) is 0. The molecule has 8 heteroatoms. The van der Waals surface area contributed by atoms with Crippen LogP contribution in [0.15, 0.2) is 36.5 Å². The molecule has 0 radical (unpaired) electrons. The molecule has 3 rings (SSSR count). The van der Waals surface area contributed by atoms with Crippen LogP contribution in [0.3, 0.4) is 0 Å². The van der Waals surface area contributed by atoms with Crippen LogP contribution in [0, 0.1) is 0 Å². The van der Waals surface area contributed by atoms with Crippen molar-refractivity contribution < 1.29 is 4.79 Å². The van der Waals surface area contributed by atoms with Gasteiger partial charge in [-0.3, -0.25) is 9.78 Å². The predicted octanol–water partition coefficient (Wildman–Crippen LogP) is 8.15. The third-order valence-corrected chi connectivity index (χ3v) is 5.66. The lowest BCUT2D eigenvalue weighted by Gasteiger charge is -2.15. The van der Waals surface area contributed by atoms with Crippen LogP contribution < -0.4 is 0 Å². The van der Waals surface area contributed by atoms with Crippen LogP contribution in [0.5, 0.6) is 0 Å². The van der Waals surface area contributed by atoms with E-state index in [1.54, 1.807) is 18.2 Å². The molecule has 0 bridgehead atoms. The highest BCUT2D eigenvalue weighted by molar-refractivity contribution is 6.46. The summed E-state index contributed by atoms with van der Waals surface area (Å²) in [5.74, 6) is 0. The van der Waals surface area contributed by atoms with Gasteiger partial charge in [-0.1, -0.05) is 69.6 Å². The van der Waals surface area contributed by atoms with Gasteiger partial charge in [-0.15, -0.1) is 0 Å². The molecule has 0 N–H and O–H groups in total. The molecule has 2 nitrogen and oxygen atoms in total. The van der Waals surface area contributed by atoms with Gasteiger partial charge in [0.15, 0.2) is 6.29 Å². The Kier molecular flexibility index (Phi) is 6.03. The van der Waals surface area contributed by atoms with Crippen molar-refractivity contribution in [2.24, 2.45) is 0 Å². The first-order valence-electron chi connectivity index (χ1n) is 7.07. The van der Waals surface area contributed by atoms with Crippen molar-refractivity contribution in [2.75, 3.05) is 0 Å². The molecular weight excluding hydrogens is 459 g/mol. The van der Waals surface area contributed by atoms with Crippen LogP contribution in [0.1, 0.15) is 10.4 Å². The molecule has 2 aromatic carbocycles. The lowest BCUT2D eigenvalue weighted by molar-refractivity contribution is 0.112. The van der Waals surface area contributed by atoms with Crippen molar-refractivity contribution in [2.45, 2.75) is 0 Å². The number of carbonyl (C=O) groups excluding carboxylic acids is 1. The van der Waals surface area contributed by atoms with E-state index in [1.165, 1.54) is 18.3 Å². The fourth-order valence-electron chi connectivity index (χ4n) is 2.53. The van der Waals surface area contributed by atoms with Crippen LogP contribution in [-0.2, 0) is 0 Å². The highest BCUT2D eigenvalue weighted by Gasteiger charge is 2.21. The second-order valence-corrected chi connectivity index (χ2v) is 7.68. The number of benzene rings is 2. The third-order valence-electron chi connectivity index (χ3n) is 3.62. The summed E-state index contributed by atoms with van der Waals surface area (Å²) < 4.78 is 0. The second kappa shape index (κ2) is 7.93. The summed E-state index contributed by atoms with van der Waals surface area (Å²) in [6.45, 7) is 0. The van der Waals surface area contributed by atoms with Crippen LogP contribution in [0.2, 0.25) is 30.1 Å². The molecule has 0 fully saturated rings. The molecule has 1 heterocycles. The normalized spacial score (nSPS) is 10.8. The Morgan fingerprint density at radius 1 is 0.769 bits per heavy atom. The number of hydrogen-bond donors (Lipinski definition) is 0. The molecule has 0 unspecified atom stereocenters. The highest BCUT2D eigenvalue weighted by Crippen LogP contribution is 2.44. The van der Waals surface area contributed by atoms with Crippen molar-refractivity contribution in [1.82, 2.24) is 4.98 Å². The van der Waals surface area contributed by atoms with E-state index in [0.29, 0.717) is 44.3 Å². The number of nitrogens with zero attached hydrogens (tertiary/aromatic N) is 1. The van der Waals surface area contributed by atoms with Crippen LogP contribution in [0.4, 0.5) is 0 Å². The van der Waals surface area contributed by atoms with Crippen molar-refractivity contribution in [3.63, 3.8) is 0 Å². The van der Waals surface area contributed by atoms with E-state index in [0.717, 1.165) is 0 Å². The van der Waals surface area contributed by atoms with E-state index in [1.807, 2.05) is 0 Å². The number of carbonyl (C=O) groups is 1. The standard InChI is InChI=1S/C18H7Cl6NO/c19-9-3-11(16(23)13(21)5-9)15-8(7-26)1-2-25-18(15)12-4-10(20)6-14(22)17(12)24/h1-7H. The predicted molar refractivity (Wildman–Crippen MR) is 111 cm³/mol. The smallest absolute Gasteiger partial charge is 0.150 e. The molecule has 0 saturated heterocycles. The zero-order chi connectivity index (χ0) is 19.0. The quantitative estimate of drug-likeness (QED) is 0.288. The van der Waals surface area contributed by atoms with E-state index in [-0.39, 0.29) is 20.1 Å². The van der Waals surface area contributed by atoms with Crippen LogP contribution in [-0.4, -0.2) is 11.3 Å². The van der Waals surface area contributed by atoms with Gasteiger partial charge in [0, 0.05) is 38.5 Å². The maximum absolute atomic E-state index is 11.7. The summed E-state index contributed by atoms with van der Waals surface area (Å²) >= 11 is 37.3. The first kappa shape index (κ1) is 19.8. The number of halogens is 6. The lowest BCUT2D eigenvalue weighted by atomic mass is 9.95.